The third-order valence-corrected chi connectivity index (χ3v) is 2.26. The first-order valence-electron chi connectivity index (χ1n) is 4.59. The number of carboxylic acids is 1. The molecule has 0 aliphatic rings. The SMILES string of the molecule is CC(C(=O)O)=C(C)C(O)CCN(C)C. The number of hydrogen-bond donors (Lipinski definition) is 2. The van der Waals surface area contributed by atoms with Gasteiger partial charge in [0.15, 0.2) is 0 Å². The normalized spacial score (nSPS) is 15.3. The predicted octanol–water partition coefficient (Wildman–Crippen LogP) is 0.720. The second-order valence-electron chi connectivity index (χ2n) is 3.72. The van der Waals surface area contributed by atoms with Crippen LogP contribution in [0.5, 0.6) is 0 Å². The minimum absolute atomic E-state index is 0.233. The van der Waals surface area contributed by atoms with E-state index in [1.807, 2.05) is 19.0 Å². The van der Waals surface area contributed by atoms with Crippen molar-refractivity contribution in [3.63, 3.8) is 0 Å². The summed E-state index contributed by atoms with van der Waals surface area (Å²) in [4.78, 5) is 12.6. The first kappa shape index (κ1) is 13.1. The number of aliphatic carboxylic acids is 1. The Morgan fingerprint density at radius 3 is 2.21 bits per heavy atom. The molecule has 0 aromatic rings. The molecule has 82 valence electrons. The topological polar surface area (TPSA) is 60.8 Å². The van der Waals surface area contributed by atoms with E-state index in [0.717, 1.165) is 6.54 Å². The lowest BCUT2D eigenvalue weighted by molar-refractivity contribution is -0.132. The summed E-state index contributed by atoms with van der Waals surface area (Å²) in [7, 11) is 3.83. The highest BCUT2D eigenvalue weighted by atomic mass is 16.4. The fourth-order valence-electron chi connectivity index (χ4n) is 1.02. The average Bonchev–Trinajstić information content (AvgIpc) is 2.11. The van der Waals surface area contributed by atoms with E-state index in [0.29, 0.717) is 12.0 Å². The van der Waals surface area contributed by atoms with Crippen molar-refractivity contribution in [1.82, 2.24) is 4.90 Å². The highest BCUT2D eigenvalue weighted by Gasteiger charge is 2.13. The molecule has 1 unspecified atom stereocenters. The predicted molar refractivity (Wildman–Crippen MR) is 55.2 cm³/mol. The average molecular weight is 201 g/mol. The van der Waals surface area contributed by atoms with E-state index in [1.54, 1.807) is 6.92 Å². The minimum atomic E-state index is -0.966. The van der Waals surface area contributed by atoms with Crippen molar-refractivity contribution in [2.75, 3.05) is 20.6 Å². The molecule has 0 radical (unpaired) electrons. The van der Waals surface area contributed by atoms with Crippen molar-refractivity contribution in [3.05, 3.63) is 11.1 Å². The molecule has 0 aliphatic carbocycles. The number of rotatable bonds is 5. The van der Waals surface area contributed by atoms with Crippen LogP contribution in [0.4, 0.5) is 0 Å². The quantitative estimate of drug-likeness (QED) is 0.643. The smallest absolute Gasteiger partial charge is 0.331 e. The molecule has 4 nitrogen and oxygen atoms in total. The van der Waals surface area contributed by atoms with Crippen molar-refractivity contribution < 1.29 is 15.0 Å². The lowest BCUT2D eigenvalue weighted by atomic mass is 10.0. The minimum Gasteiger partial charge on any atom is -0.478 e. The van der Waals surface area contributed by atoms with Gasteiger partial charge in [-0.05, 0) is 39.9 Å². The van der Waals surface area contributed by atoms with Crippen molar-refractivity contribution in [1.29, 1.82) is 0 Å². The Hall–Kier alpha value is -0.870. The molecule has 2 N–H and O–H groups in total. The molecule has 0 bridgehead atoms. The molecule has 14 heavy (non-hydrogen) atoms. The lowest BCUT2D eigenvalue weighted by Gasteiger charge is -2.15. The van der Waals surface area contributed by atoms with E-state index in [2.05, 4.69) is 0 Å². The standard InChI is InChI=1S/C10H19NO3/c1-7(8(2)10(13)14)9(12)5-6-11(3)4/h9,12H,5-6H2,1-4H3,(H,13,14). The largest absolute Gasteiger partial charge is 0.478 e. The Balaban J connectivity index is 4.31. The maximum absolute atomic E-state index is 10.6. The van der Waals surface area contributed by atoms with Crippen LogP contribution < -0.4 is 0 Å². The van der Waals surface area contributed by atoms with Gasteiger partial charge in [-0.25, -0.2) is 4.79 Å². The zero-order valence-corrected chi connectivity index (χ0v) is 9.24. The third kappa shape index (κ3) is 4.39. The summed E-state index contributed by atoms with van der Waals surface area (Å²) in [6, 6.07) is 0. The molecule has 0 aliphatic heterocycles. The molecular weight excluding hydrogens is 182 g/mol. The van der Waals surface area contributed by atoms with E-state index in [1.165, 1.54) is 6.92 Å². The fourth-order valence-corrected chi connectivity index (χ4v) is 1.02. The van der Waals surface area contributed by atoms with Crippen LogP contribution in [0, 0.1) is 0 Å². The number of aliphatic hydroxyl groups is 1. The van der Waals surface area contributed by atoms with Crippen molar-refractivity contribution >= 4 is 5.97 Å². The van der Waals surface area contributed by atoms with Gasteiger partial charge in [0.1, 0.15) is 0 Å². The number of aliphatic hydroxyl groups excluding tert-OH is 1. The van der Waals surface area contributed by atoms with Gasteiger partial charge >= 0.3 is 5.97 Å². The molecule has 1 atom stereocenters. The van der Waals surface area contributed by atoms with Gasteiger partial charge in [-0.15, -0.1) is 0 Å². The number of hydrogen-bond acceptors (Lipinski definition) is 3. The summed E-state index contributed by atoms with van der Waals surface area (Å²) >= 11 is 0. The first-order chi connectivity index (χ1) is 6.36. The van der Waals surface area contributed by atoms with Crippen LogP contribution in [0.25, 0.3) is 0 Å². The molecule has 0 aromatic carbocycles. The molecule has 0 fully saturated rings. The summed E-state index contributed by atoms with van der Waals surface area (Å²) in [5.74, 6) is -0.966. The van der Waals surface area contributed by atoms with Crippen LogP contribution in [-0.4, -0.2) is 47.8 Å². The van der Waals surface area contributed by atoms with E-state index in [-0.39, 0.29) is 5.57 Å². The molecule has 0 saturated heterocycles. The van der Waals surface area contributed by atoms with Gasteiger partial charge in [-0.3, -0.25) is 0 Å². The van der Waals surface area contributed by atoms with Crippen LogP contribution in [0.1, 0.15) is 20.3 Å². The summed E-state index contributed by atoms with van der Waals surface area (Å²) < 4.78 is 0. The van der Waals surface area contributed by atoms with Gasteiger partial charge < -0.3 is 15.1 Å². The zero-order valence-electron chi connectivity index (χ0n) is 9.24. The van der Waals surface area contributed by atoms with Gasteiger partial charge in [0.25, 0.3) is 0 Å². The molecule has 0 rings (SSSR count). The Kier molecular flexibility index (Phi) is 5.42. The van der Waals surface area contributed by atoms with Crippen LogP contribution in [0.3, 0.4) is 0 Å². The van der Waals surface area contributed by atoms with Crippen LogP contribution in [-0.2, 0) is 4.79 Å². The van der Waals surface area contributed by atoms with Gasteiger partial charge in [0.05, 0.1) is 6.10 Å². The highest BCUT2D eigenvalue weighted by molar-refractivity contribution is 5.86. The summed E-state index contributed by atoms with van der Waals surface area (Å²) in [6.07, 6.45) is -0.0998. The molecule has 0 heterocycles. The number of carboxylic acid groups (broad SMARTS) is 1. The van der Waals surface area contributed by atoms with E-state index in [9.17, 15) is 9.90 Å². The molecule has 0 spiro atoms. The van der Waals surface area contributed by atoms with E-state index in [4.69, 9.17) is 5.11 Å². The number of nitrogens with zero attached hydrogens (tertiary/aromatic N) is 1. The number of carbonyl (C=O) groups is 1. The first-order valence-corrected chi connectivity index (χ1v) is 4.59. The monoisotopic (exact) mass is 201 g/mol. The molecule has 0 amide bonds. The van der Waals surface area contributed by atoms with E-state index >= 15 is 0 Å². The van der Waals surface area contributed by atoms with Gasteiger partial charge in [0, 0.05) is 12.1 Å². The maximum Gasteiger partial charge on any atom is 0.331 e. The fraction of sp³-hybridized carbons (Fsp3) is 0.700. The van der Waals surface area contributed by atoms with Gasteiger partial charge in [-0.2, -0.15) is 0 Å². The van der Waals surface area contributed by atoms with Gasteiger partial charge in [0.2, 0.25) is 0 Å². The Bertz CT molecular complexity index is 234. The Morgan fingerprint density at radius 2 is 1.86 bits per heavy atom. The maximum atomic E-state index is 10.6. The van der Waals surface area contributed by atoms with Crippen LogP contribution in [0.2, 0.25) is 0 Å². The summed E-state index contributed by atoms with van der Waals surface area (Å²) in [6.45, 7) is 3.91. The van der Waals surface area contributed by atoms with Crippen molar-refractivity contribution in [2.24, 2.45) is 0 Å². The van der Waals surface area contributed by atoms with Crippen molar-refractivity contribution in [3.8, 4) is 0 Å². The molecule has 4 heteroatoms. The Morgan fingerprint density at radius 1 is 1.36 bits per heavy atom. The second kappa shape index (κ2) is 5.78. The summed E-state index contributed by atoms with van der Waals surface area (Å²) in [5.41, 5.74) is 0.774. The highest BCUT2D eigenvalue weighted by Crippen LogP contribution is 2.11. The van der Waals surface area contributed by atoms with Crippen LogP contribution in [0.15, 0.2) is 11.1 Å². The second-order valence-corrected chi connectivity index (χ2v) is 3.72. The van der Waals surface area contributed by atoms with Gasteiger partial charge in [-0.1, -0.05) is 0 Å². The molecular formula is C10H19NO3. The third-order valence-electron chi connectivity index (χ3n) is 2.26. The lowest BCUT2D eigenvalue weighted by Crippen LogP contribution is -2.21. The van der Waals surface area contributed by atoms with E-state index < -0.39 is 12.1 Å². The Labute approximate surface area is 84.8 Å². The molecule has 0 saturated carbocycles. The van der Waals surface area contributed by atoms with Crippen molar-refractivity contribution in [2.45, 2.75) is 26.4 Å². The summed E-state index contributed by atoms with van der Waals surface area (Å²) in [5, 5.41) is 18.3. The van der Waals surface area contributed by atoms with Crippen LogP contribution >= 0.6 is 0 Å². The molecule has 0 aromatic heterocycles. The zero-order chi connectivity index (χ0) is 11.3.